The van der Waals surface area contributed by atoms with Gasteiger partial charge in [-0.25, -0.2) is 0 Å². The molecule has 7 heteroatoms. The van der Waals surface area contributed by atoms with Crippen LogP contribution in [-0.2, 0) is 6.42 Å². The lowest BCUT2D eigenvalue weighted by Crippen LogP contribution is -2.42. The van der Waals surface area contributed by atoms with E-state index in [2.05, 4.69) is 22.0 Å². The molecule has 0 atom stereocenters. The highest BCUT2D eigenvalue weighted by atomic mass is 35.5. The Labute approximate surface area is 217 Å². The summed E-state index contributed by atoms with van der Waals surface area (Å²) in [6, 6.07) is 14.2. The van der Waals surface area contributed by atoms with E-state index in [1.54, 1.807) is 20.4 Å². The van der Waals surface area contributed by atoms with E-state index in [1.165, 1.54) is 4.90 Å². The van der Waals surface area contributed by atoms with E-state index in [9.17, 15) is 5.11 Å². The number of ether oxygens (including phenoxy) is 2. The molecule has 4 rings (SSSR count). The van der Waals surface area contributed by atoms with E-state index in [0.717, 1.165) is 85.5 Å². The van der Waals surface area contributed by atoms with Crippen LogP contribution >= 0.6 is 23.4 Å². The fourth-order valence-electron chi connectivity index (χ4n) is 4.93. The molecule has 1 aromatic heterocycles. The first kappa shape index (κ1) is 26.1. The molecule has 0 unspecified atom stereocenters. The number of halogens is 1. The average molecular weight is 515 g/mol. The predicted molar refractivity (Wildman–Crippen MR) is 145 cm³/mol. The summed E-state index contributed by atoms with van der Waals surface area (Å²) < 4.78 is 10.6. The molecule has 0 amide bonds. The highest BCUT2D eigenvalue weighted by molar-refractivity contribution is 7.99. The second kappa shape index (κ2) is 12.3. The van der Waals surface area contributed by atoms with Crippen molar-refractivity contribution in [2.75, 3.05) is 46.2 Å². The Kier molecular flexibility index (Phi) is 9.17. The highest BCUT2D eigenvalue weighted by Crippen LogP contribution is 2.37. The average Bonchev–Trinajstić information content (AvgIpc) is 2.91. The van der Waals surface area contributed by atoms with Gasteiger partial charge in [-0.2, -0.15) is 0 Å². The summed E-state index contributed by atoms with van der Waals surface area (Å²) in [4.78, 5) is 8.27. The predicted octanol–water partition coefficient (Wildman–Crippen LogP) is 6.09. The SMILES string of the molecule is COc1ccc(SCCN2CCC(CO)(CCCc3c(Cl)cnc4ccc(OC)cc34)CC2)cc1. The van der Waals surface area contributed by atoms with Crippen LogP contribution in [0.15, 0.2) is 53.6 Å². The number of hydrogen-bond acceptors (Lipinski definition) is 6. The minimum atomic E-state index is 0.00657. The Morgan fingerprint density at radius 3 is 2.46 bits per heavy atom. The van der Waals surface area contributed by atoms with Gasteiger partial charge in [0.05, 0.1) is 24.8 Å². The Morgan fingerprint density at radius 1 is 1.06 bits per heavy atom. The van der Waals surface area contributed by atoms with Crippen LogP contribution in [0, 0.1) is 5.41 Å². The molecule has 1 aliphatic heterocycles. The number of rotatable bonds is 11. The van der Waals surface area contributed by atoms with Crippen molar-refractivity contribution >= 4 is 34.3 Å². The number of pyridine rings is 1. The number of likely N-dealkylation sites (tertiary alicyclic amines) is 1. The molecule has 1 N–H and O–H groups in total. The molecule has 5 nitrogen and oxygen atoms in total. The Morgan fingerprint density at radius 2 is 1.77 bits per heavy atom. The monoisotopic (exact) mass is 514 g/mol. The number of thioether (sulfide) groups is 1. The molecule has 0 bridgehead atoms. The minimum absolute atomic E-state index is 0.00657. The maximum Gasteiger partial charge on any atom is 0.119 e. The molecule has 2 aromatic carbocycles. The number of methoxy groups -OCH3 is 2. The van der Waals surface area contributed by atoms with Gasteiger partial charge in [-0.05, 0) is 98.6 Å². The number of aliphatic hydroxyl groups excluding tert-OH is 1. The van der Waals surface area contributed by atoms with Crippen LogP contribution < -0.4 is 9.47 Å². The zero-order valence-electron chi connectivity index (χ0n) is 20.6. The fraction of sp³-hybridized carbons (Fsp3) is 0.464. The maximum atomic E-state index is 10.3. The fourth-order valence-corrected chi connectivity index (χ4v) is 6.08. The second-order valence-corrected chi connectivity index (χ2v) is 10.9. The van der Waals surface area contributed by atoms with Gasteiger partial charge >= 0.3 is 0 Å². The number of aryl methyl sites for hydroxylation is 1. The van der Waals surface area contributed by atoms with Crippen LogP contribution in [0.1, 0.15) is 31.2 Å². The number of aromatic nitrogens is 1. The van der Waals surface area contributed by atoms with Crippen molar-refractivity contribution in [1.82, 2.24) is 9.88 Å². The number of benzene rings is 2. The van der Waals surface area contributed by atoms with E-state index in [0.29, 0.717) is 5.02 Å². The van der Waals surface area contributed by atoms with Gasteiger partial charge in [0.2, 0.25) is 0 Å². The van der Waals surface area contributed by atoms with Crippen molar-refractivity contribution < 1.29 is 14.6 Å². The third-order valence-corrected chi connectivity index (χ3v) is 8.57. The Hall–Kier alpha value is -1.99. The third-order valence-electron chi connectivity index (χ3n) is 7.26. The first-order valence-electron chi connectivity index (χ1n) is 12.3. The standard InChI is InChI=1S/C28H35ClN2O3S/c1-33-21-5-8-23(9-6-21)35-17-16-31-14-12-28(20-32,13-15-31)11-3-4-24-25-18-22(34-2)7-10-27(25)30-19-26(24)29/h5-10,18-19,32H,3-4,11-17,20H2,1-2H3. The third kappa shape index (κ3) is 6.62. The number of nitrogens with zero attached hydrogens (tertiary/aromatic N) is 2. The molecule has 1 fully saturated rings. The van der Waals surface area contributed by atoms with Crippen molar-refractivity contribution in [3.63, 3.8) is 0 Å². The molecular weight excluding hydrogens is 480 g/mol. The molecule has 1 aliphatic rings. The van der Waals surface area contributed by atoms with E-state index in [-0.39, 0.29) is 12.0 Å². The zero-order valence-corrected chi connectivity index (χ0v) is 22.2. The number of piperidine rings is 1. The van der Waals surface area contributed by atoms with E-state index < -0.39 is 0 Å². The second-order valence-electron chi connectivity index (χ2n) is 9.35. The van der Waals surface area contributed by atoms with E-state index >= 15 is 0 Å². The smallest absolute Gasteiger partial charge is 0.119 e. The number of aliphatic hydroxyl groups is 1. The number of hydrogen-bond donors (Lipinski definition) is 1. The van der Waals surface area contributed by atoms with E-state index in [4.69, 9.17) is 21.1 Å². The maximum absolute atomic E-state index is 10.3. The molecule has 2 heterocycles. The van der Waals surface area contributed by atoms with Crippen LogP contribution in [0.5, 0.6) is 11.5 Å². The molecule has 0 aliphatic carbocycles. The Bertz CT molecular complexity index is 1100. The molecule has 0 spiro atoms. The van der Waals surface area contributed by atoms with Gasteiger partial charge in [0, 0.05) is 35.4 Å². The lowest BCUT2D eigenvalue weighted by Gasteiger charge is -2.41. The van der Waals surface area contributed by atoms with Crippen molar-refractivity contribution in [2.45, 2.75) is 37.0 Å². The number of fused-ring (bicyclic) bond motifs is 1. The first-order chi connectivity index (χ1) is 17.1. The van der Waals surface area contributed by atoms with Crippen LogP contribution in [0.2, 0.25) is 5.02 Å². The van der Waals surface area contributed by atoms with Crippen molar-refractivity contribution in [3.05, 3.63) is 59.2 Å². The lowest BCUT2D eigenvalue weighted by molar-refractivity contribution is 0.0378. The van der Waals surface area contributed by atoms with Crippen LogP contribution in [-0.4, -0.2) is 61.2 Å². The summed E-state index contributed by atoms with van der Waals surface area (Å²) in [6.45, 7) is 3.40. The van der Waals surface area contributed by atoms with Crippen LogP contribution in [0.4, 0.5) is 0 Å². The van der Waals surface area contributed by atoms with Gasteiger partial charge in [-0.3, -0.25) is 4.98 Å². The van der Waals surface area contributed by atoms with Crippen molar-refractivity contribution in [1.29, 1.82) is 0 Å². The normalized spacial score (nSPS) is 15.9. The summed E-state index contributed by atoms with van der Waals surface area (Å²) in [6.07, 6.45) is 6.68. The molecule has 1 saturated heterocycles. The summed E-state index contributed by atoms with van der Waals surface area (Å²) in [5.74, 6) is 2.77. The summed E-state index contributed by atoms with van der Waals surface area (Å²) in [7, 11) is 3.37. The molecule has 188 valence electrons. The van der Waals surface area contributed by atoms with Crippen LogP contribution in [0.3, 0.4) is 0 Å². The molecule has 35 heavy (non-hydrogen) atoms. The molecule has 3 aromatic rings. The van der Waals surface area contributed by atoms with Gasteiger partial charge in [-0.1, -0.05) is 11.6 Å². The van der Waals surface area contributed by atoms with Gasteiger partial charge in [0.1, 0.15) is 11.5 Å². The minimum Gasteiger partial charge on any atom is -0.497 e. The van der Waals surface area contributed by atoms with Gasteiger partial charge in [-0.15, -0.1) is 11.8 Å². The highest BCUT2D eigenvalue weighted by Gasteiger charge is 2.33. The molecular formula is C28H35ClN2O3S. The lowest BCUT2D eigenvalue weighted by atomic mass is 9.75. The van der Waals surface area contributed by atoms with Crippen molar-refractivity contribution in [3.8, 4) is 11.5 Å². The topological polar surface area (TPSA) is 54.8 Å². The summed E-state index contributed by atoms with van der Waals surface area (Å²) in [5.41, 5.74) is 2.06. The van der Waals surface area contributed by atoms with E-state index in [1.807, 2.05) is 42.1 Å². The molecule has 0 radical (unpaired) electrons. The summed E-state index contributed by atoms with van der Waals surface area (Å²) in [5, 5.41) is 12.1. The summed E-state index contributed by atoms with van der Waals surface area (Å²) >= 11 is 8.43. The Balaban J connectivity index is 1.27. The quantitative estimate of drug-likeness (QED) is 0.312. The van der Waals surface area contributed by atoms with Gasteiger partial charge in [0.25, 0.3) is 0 Å². The molecule has 0 saturated carbocycles. The van der Waals surface area contributed by atoms with Crippen molar-refractivity contribution in [2.24, 2.45) is 5.41 Å². The van der Waals surface area contributed by atoms with Crippen LogP contribution in [0.25, 0.3) is 10.9 Å². The van der Waals surface area contributed by atoms with Gasteiger partial charge in [0.15, 0.2) is 0 Å². The zero-order chi connectivity index (χ0) is 24.7. The van der Waals surface area contributed by atoms with Gasteiger partial charge < -0.3 is 19.5 Å². The largest absolute Gasteiger partial charge is 0.497 e. The first-order valence-corrected chi connectivity index (χ1v) is 13.6.